The average molecular weight is 270 g/mol. The second-order valence-electron chi connectivity index (χ2n) is 4.91. The van der Waals surface area contributed by atoms with Crippen molar-refractivity contribution in [1.82, 2.24) is 9.97 Å². The molecule has 2 atom stereocenters. The van der Waals surface area contributed by atoms with Crippen molar-refractivity contribution < 1.29 is 4.74 Å². The summed E-state index contributed by atoms with van der Waals surface area (Å²) >= 11 is 6.00. The van der Waals surface area contributed by atoms with Gasteiger partial charge in [-0.2, -0.15) is 0 Å². The van der Waals surface area contributed by atoms with E-state index in [2.05, 4.69) is 22.2 Å². The molecule has 1 aliphatic carbocycles. The van der Waals surface area contributed by atoms with Gasteiger partial charge in [0.1, 0.15) is 6.33 Å². The summed E-state index contributed by atoms with van der Waals surface area (Å²) in [5.41, 5.74) is 0. The van der Waals surface area contributed by atoms with Gasteiger partial charge in [0.25, 0.3) is 0 Å². The molecule has 1 aromatic rings. The van der Waals surface area contributed by atoms with Gasteiger partial charge in [0, 0.05) is 6.04 Å². The standard InChI is InChI=1S/C13H20ClN3O/c1-9-6-4-3-5-7-10(9)17-13-11(18-2)12(14)15-8-16-13/h8-10H,3-7H2,1-2H3,(H,15,16,17). The van der Waals surface area contributed by atoms with Crippen molar-refractivity contribution in [2.45, 2.75) is 45.1 Å². The molecule has 1 aromatic heterocycles. The highest BCUT2D eigenvalue weighted by Gasteiger charge is 2.22. The number of nitrogens with zero attached hydrogens (tertiary/aromatic N) is 2. The maximum atomic E-state index is 6.00. The molecule has 1 fully saturated rings. The van der Waals surface area contributed by atoms with Crippen LogP contribution in [0.25, 0.3) is 0 Å². The highest BCUT2D eigenvalue weighted by Crippen LogP contribution is 2.32. The van der Waals surface area contributed by atoms with Crippen LogP contribution in [0.5, 0.6) is 5.75 Å². The maximum Gasteiger partial charge on any atom is 0.198 e. The Morgan fingerprint density at radius 2 is 2.06 bits per heavy atom. The van der Waals surface area contributed by atoms with E-state index in [1.54, 1.807) is 7.11 Å². The molecule has 0 bridgehead atoms. The maximum absolute atomic E-state index is 6.00. The first kappa shape index (κ1) is 13.4. The van der Waals surface area contributed by atoms with Gasteiger partial charge in [0.2, 0.25) is 0 Å². The molecule has 1 aliphatic rings. The van der Waals surface area contributed by atoms with E-state index in [4.69, 9.17) is 16.3 Å². The molecule has 0 radical (unpaired) electrons. The van der Waals surface area contributed by atoms with Crippen LogP contribution in [0.2, 0.25) is 5.15 Å². The molecule has 100 valence electrons. The number of methoxy groups -OCH3 is 1. The molecular weight excluding hydrogens is 250 g/mol. The Balaban J connectivity index is 2.14. The predicted octanol–water partition coefficient (Wildman–Crippen LogP) is 3.52. The van der Waals surface area contributed by atoms with Gasteiger partial charge < -0.3 is 10.1 Å². The van der Waals surface area contributed by atoms with Crippen LogP contribution in [0.15, 0.2) is 6.33 Å². The lowest BCUT2D eigenvalue weighted by Crippen LogP contribution is -2.27. The summed E-state index contributed by atoms with van der Waals surface area (Å²) in [5.74, 6) is 1.89. The zero-order chi connectivity index (χ0) is 13.0. The largest absolute Gasteiger partial charge is 0.490 e. The van der Waals surface area contributed by atoms with Crippen molar-refractivity contribution in [2.75, 3.05) is 12.4 Å². The van der Waals surface area contributed by atoms with Gasteiger partial charge in [-0.1, -0.05) is 37.8 Å². The van der Waals surface area contributed by atoms with E-state index in [9.17, 15) is 0 Å². The molecule has 0 aromatic carbocycles. The molecule has 5 heteroatoms. The summed E-state index contributed by atoms with van der Waals surface area (Å²) in [6, 6.07) is 0.437. The third kappa shape index (κ3) is 3.05. The molecule has 1 N–H and O–H groups in total. The van der Waals surface area contributed by atoms with Gasteiger partial charge in [0.05, 0.1) is 7.11 Å². The second-order valence-corrected chi connectivity index (χ2v) is 5.27. The SMILES string of the molecule is COc1c(Cl)ncnc1NC1CCCCCC1C. The Morgan fingerprint density at radius 3 is 2.83 bits per heavy atom. The van der Waals surface area contributed by atoms with E-state index in [0.717, 1.165) is 0 Å². The molecule has 2 rings (SSSR count). The Morgan fingerprint density at radius 1 is 1.28 bits per heavy atom. The van der Waals surface area contributed by atoms with Crippen LogP contribution in [0, 0.1) is 5.92 Å². The number of anilines is 1. The average Bonchev–Trinajstić information content (AvgIpc) is 2.55. The van der Waals surface area contributed by atoms with E-state index in [1.165, 1.54) is 38.4 Å². The van der Waals surface area contributed by atoms with Crippen molar-refractivity contribution in [3.8, 4) is 5.75 Å². The van der Waals surface area contributed by atoms with Crippen molar-refractivity contribution in [3.05, 3.63) is 11.5 Å². The molecule has 0 amide bonds. The van der Waals surface area contributed by atoms with Crippen LogP contribution in [-0.4, -0.2) is 23.1 Å². The summed E-state index contributed by atoms with van der Waals surface area (Å²) in [7, 11) is 1.59. The lowest BCUT2D eigenvalue weighted by Gasteiger charge is -2.24. The van der Waals surface area contributed by atoms with E-state index < -0.39 is 0 Å². The van der Waals surface area contributed by atoms with Crippen LogP contribution in [0.1, 0.15) is 39.0 Å². The number of rotatable bonds is 3. The highest BCUT2D eigenvalue weighted by molar-refractivity contribution is 6.31. The molecule has 0 spiro atoms. The monoisotopic (exact) mass is 269 g/mol. The Bertz CT molecular complexity index is 400. The van der Waals surface area contributed by atoms with E-state index in [1.807, 2.05) is 0 Å². The molecule has 1 heterocycles. The fourth-order valence-electron chi connectivity index (χ4n) is 2.52. The van der Waals surface area contributed by atoms with Crippen LogP contribution in [0.3, 0.4) is 0 Å². The van der Waals surface area contributed by atoms with Crippen molar-refractivity contribution in [1.29, 1.82) is 0 Å². The first-order valence-electron chi connectivity index (χ1n) is 6.53. The van der Waals surface area contributed by atoms with Gasteiger partial charge in [0.15, 0.2) is 16.7 Å². The number of aromatic nitrogens is 2. The van der Waals surface area contributed by atoms with Gasteiger partial charge in [-0.05, 0) is 18.8 Å². The summed E-state index contributed by atoms with van der Waals surface area (Å²) < 4.78 is 5.26. The fraction of sp³-hybridized carbons (Fsp3) is 0.692. The van der Waals surface area contributed by atoms with E-state index in [0.29, 0.717) is 28.7 Å². The van der Waals surface area contributed by atoms with Crippen LogP contribution in [0.4, 0.5) is 5.82 Å². The zero-order valence-corrected chi connectivity index (χ0v) is 11.7. The van der Waals surface area contributed by atoms with Gasteiger partial charge in [-0.15, -0.1) is 0 Å². The minimum atomic E-state index is 0.358. The molecule has 2 unspecified atom stereocenters. The number of hydrogen-bond donors (Lipinski definition) is 1. The number of nitrogens with one attached hydrogen (secondary N) is 1. The predicted molar refractivity (Wildman–Crippen MR) is 73.3 cm³/mol. The smallest absolute Gasteiger partial charge is 0.198 e. The minimum Gasteiger partial charge on any atom is -0.490 e. The summed E-state index contributed by atoms with van der Waals surface area (Å²) in [5, 5.41) is 3.83. The Kier molecular flexibility index (Phi) is 4.64. The molecule has 4 nitrogen and oxygen atoms in total. The first-order valence-corrected chi connectivity index (χ1v) is 6.91. The topological polar surface area (TPSA) is 47.0 Å². The van der Waals surface area contributed by atoms with Crippen molar-refractivity contribution in [2.24, 2.45) is 5.92 Å². The second kappa shape index (κ2) is 6.23. The lowest BCUT2D eigenvalue weighted by atomic mass is 9.97. The number of halogens is 1. The molecule has 18 heavy (non-hydrogen) atoms. The van der Waals surface area contributed by atoms with E-state index >= 15 is 0 Å². The zero-order valence-electron chi connectivity index (χ0n) is 10.9. The van der Waals surface area contributed by atoms with Gasteiger partial charge in [-0.25, -0.2) is 9.97 Å². The third-order valence-electron chi connectivity index (χ3n) is 3.65. The summed E-state index contributed by atoms with van der Waals surface area (Å²) in [4.78, 5) is 8.17. The van der Waals surface area contributed by atoms with Gasteiger partial charge >= 0.3 is 0 Å². The minimum absolute atomic E-state index is 0.358. The van der Waals surface area contributed by atoms with Crippen LogP contribution < -0.4 is 10.1 Å². The third-order valence-corrected chi connectivity index (χ3v) is 3.92. The first-order chi connectivity index (χ1) is 8.72. The molecule has 0 aliphatic heterocycles. The number of hydrogen-bond acceptors (Lipinski definition) is 4. The quantitative estimate of drug-likeness (QED) is 0.674. The lowest BCUT2D eigenvalue weighted by molar-refractivity contribution is 0.408. The highest BCUT2D eigenvalue weighted by atomic mass is 35.5. The van der Waals surface area contributed by atoms with Gasteiger partial charge in [-0.3, -0.25) is 0 Å². The van der Waals surface area contributed by atoms with Crippen LogP contribution >= 0.6 is 11.6 Å². The Hall–Kier alpha value is -1.03. The van der Waals surface area contributed by atoms with E-state index in [-0.39, 0.29) is 0 Å². The van der Waals surface area contributed by atoms with Crippen molar-refractivity contribution >= 4 is 17.4 Å². The molecule has 0 saturated heterocycles. The molecular formula is C13H20ClN3O. The fourth-order valence-corrected chi connectivity index (χ4v) is 2.73. The summed E-state index contributed by atoms with van der Waals surface area (Å²) in [6.45, 7) is 2.29. The summed E-state index contributed by atoms with van der Waals surface area (Å²) in [6.07, 6.45) is 7.81. The Labute approximate surface area is 113 Å². The normalized spacial score (nSPS) is 24.4. The number of ether oxygens (including phenoxy) is 1. The van der Waals surface area contributed by atoms with Crippen LogP contribution in [-0.2, 0) is 0 Å². The van der Waals surface area contributed by atoms with Crippen molar-refractivity contribution in [3.63, 3.8) is 0 Å². The molecule has 1 saturated carbocycles.